The quantitative estimate of drug-likeness (QED) is 0.488. The maximum Gasteiger partial charge on any atom is 0.278 e. The van der Waals surface area contributed by atoms with Gasteiger partial charge in [-0.15, -0.1) is 0 Å². The summed E-state index contributed by atoms with van der Waals surface area (Å²) >= 11 is 0. The van der Waals surface area contributed by atoms with E-state index in [9.17, 15) is 9.59 Å². The number of imide groups is 1. The van der Waals surface area contributed by atoms with Gasteiger partial charge in [0.15, 0.2) is 0 Å². The first-order valence-electron chi connectivity index (χ1n) is 11.0. The predicted molar refractivity (Wildman–Crippen MR) is 127 cm³/mol. The molecular formula is C27H27N3O3. The van der Waals surface area contributed by atoms with E-state index in [-0.39, 0.29) is 24.5 Å². The molecule has 0 unspecified atom stereocenters. The third-order valence-corrected chi connectivity index (χ3v) is 5.37. The third kappa shape index (κ3) is 4.95. The summed E-state index contributed by atoms with van der Waals surface area (Å²) in [6.45, 7) is 4.60. The Kier molecular flexibility index (Phi) is 6.54. The van der Waals surface area contributed by atoms with E-state index in [2.05, 4.69) is 4.98 Å². The highest BCUT2D eigenvalue weighted by molar-refractivity contribution is 6.35. The van der Waals surface area contributed by atoms with Crippen molar-refractivity contribution in [2.45, 2.75) is 33.0 Å². The zero-order chi connectivity index (χ0) is 23.4. The van der Waals surface area contributed by atoms with Crippen LogP contribution in [0, 0.1) is 0 Å². The lowest BCUT2D eigenvalue weighted by molar-refractivity contribution is -0.138. The highest BCUT2D eigenvalue weighted by Gasteiger charge is 2.40. The van der Waals surface area contributed by atoms with Crippen LogP contribution in [0.15, 0.2) is 84.8 Å². The number of hydrogen-bond acceptors (Lipinski definition) is 5. The summed E-state index contributed by atoms with van der Waals surface area (Å²) in [6, 6.07) is 20.9. The summed E-state index contributed by atoms with van der Waals surface area (Å²) in [7, 11) is 1.84. The van der Waals surface area contributed by atoms with E-state index in [0.717, 1.165) is 16.9 Å². The summed E-state index contributed by atoms with van der Waals surface area (Å²) in [6.07, 6.45) is 3.39. The van der Waals surface area contributed by atoms with Crippen molar-refractivity contribution in [2.24, 2.45) is 0 Å². The molecule has 1 aliphatic rings. The molecule has 168 valence electrons. The Morgan fingerprint density at radius 3 is 2.24 bits per heavy atom. The number of carbonyl (C=O) groups is 2. The molecule has 0 bridgehead atoms. The van der Waals surface area contributed by atoms with Crippen LogP contribution in [0.25, 0.3) is 5.57 Å². The van der Waals surface area contributed by atoms with Crippen LogP contribution < -0.4 is 4.74 Å². The number of ether oxygens (including phenoxy) is 1. The molecule has 1 aromatic heterocycles. The van der Waals surface area contributed by atoms with Crippen LogP contribution in [-0.2, 0) is 22.7 Å². The van der Waals surface area contributed by atoms with Crippen molar-refractivity contribution in [1.82, 2.24) is 14.8 Å². The predicted octanol–water partition coefficient (Wildman–Crippen LogP) is 4.28. The summed E-state index contributed by atoms with van der Waals surface area (Å²) in [5, 5.41) is 0. The highest BCUT2D eigenvalue weighted by atomic mass is 16.5. The smallest absolute Gasteiger partial charge is 0.278 e. The Morgan fingerprint density at radius 1 is 0.909 bits per heavy atom. The van der Waals surface area contributed by atoms with Gasteiger partial charge in [0, 0.05) is 26.0 Å². The van der Waals surface area contributed by atoms with Gasteiger partial charge in [-0.05, 0) is 48.7 Å². The largest absolute Gasteiger partial charge is 0.491 e. The summed E-state index contributed by atoms with van der Waals surface area (Å²) in [4.78, 5) is 34.3. The first-order valence-corrected chi connectivity index (χ1v) is 11.0. The standard InChI is InChI=1S/C27H27N3O3/c1-19(2)33-23-13-11-22(12-14-23)24-25(29(3)17-20-8-5-4-6-9-20)27(32)30(26(24)31)18-21-10-7-15-28-16-21/h4-16,19H,17-18H2,1-3H3. The number of amides is 2. The molecule has 1 aliphatic heterocycles. The van der Waals surface area contributed by atoms with Crippen LogP contribution in [0.3, 0.4) is 0 Å². The molecule has 2 heterocycles. The van der Waals surface area contributed by atoms with E-state index >= 15 is 0 Å². The maximum absolute atomic E-state index is 13.5. The van der Waals surface area contributed by atoms with Crippen LogP contribution in [0.5, 0.6) is 5.75 Å². The van der Waals surface area contributed by atoms with Gasteiger partial charge < -0.3 is 9.64 Å². The first-order chi connectivity index (χ1) is 15.9. The molecule has 0 aliphatic carbocycles. The monoisotopic (exact) mass is 441 g/mol. The van der Waals surface area contributed by atoms with Gasteiger partial charge >= 0.3 is 0 Å². The van der Waals surface area contributed by atoms with Gasteiger partial charge in [0.2, 0.25) is 0 Å². The topological polar surface area (TPSA) is 62.7 Å². The molecular weight excluding hydrogens is 414 g/mol. The second-order valence-corrected chi connectivity index (χ2v) is 8.31. The number of hydrogen-bond donors (Lipinski definition) is 0. The molecule has 0 N–H and O–H groups in total. The minimum Gasteiger partial charge on any atom is -0.491 e. The number of carbonyl (C=O) groups excluding carboxylic acids is 2. The van der Waals surface area contributed by atoms with E-state index < -0.39 is 0 Å². The van der Waals surface area contributed by atoms with Gasteiger partial charge in [-0.1, -0.05) is 48.5 Å². The van der Waals surface area contributed by atoms with Crippen molar-refractivity contribution in [3.8, 4) is 5.75 Å². The van der Waals surface area contributed by atoms with Gasteiger partial charge in [0.05, 0.1) is 18.2 Å². The number of likely N-dealkylation sites (N-methyl/N-ethyl adjacent to an activating group) is 1. The Balaban J connectivity index is 1.70. The molecule has 0 spiro atoms. The molecule has 2 amide bonds. The van der Waals surface area contributed by atoms with Crippen LogP contribution >= 0.6 is 0 Å². The summed E-state index contributed by atoms with van der Waals surface area (Å²) < 4.78 is 5.74. The molecule has 3 aromatic rings. The fourth-order valence-corrected chi connectivity index (χ4v) is 3.90. The fraction of sp³-hybridized carbons (Fsp3) is 0.222. The number of pyridine rings is 1. The van der Waals surface area contributed by atoms with Crippen molar-refractivity contribution in [3.05, 3.63) is 102 Å². The number of rotatable bonds is 8. The van der Waals surface area contributed by atoms with Crippen molar-refractivity contribution in [2.75, 3.05) is 7.05 Å². The van der Waals surface area contributed by atoms with Gasteiger partial charge in [0.1, 0.15) is 11.4 Å². The van der Waals surface area contributed by atoms with Crippen LogP contribution in [0.1, 0.15) is 30.5 Å². The summed E-state index contributed by atoms with van der Waals surface area (Å²) in [5.74, 6) is 0.105. The van der Waals surface area contributed by atoms with Crippen LogP contribution in [0.2, 0.25) is 0 Å². The van der Waals surface area contributed by atoms with Crippen molar-refractivity contribution in [3.63, 3.8) is 0 Å². The Morgan fingerprint density at radius 2 is 1.61 bits per heavy atom. The Bertz CT molecular complexity index is 1160. The van der Waals surface area contributed by atoms with Gasteiger partial charge in [-0.2, -0.15) is 0 Å². The third-order valence-electron chi connectivity index (χ3n) is 5.37. The maximum atomic E-state index is 13.5. The molecule has 4 rings (SSSR count). The zero-order valence-electron chi connectivity index (χ0n) is 19.1. The molecule has 0 saturated carbocycles. The van der Waals surface area contributed by atoms with E-state index in [1.165, 1.54) is 4.90 Å². The first kappa shape index (κ1) is 22.3. The molecule has 2 aromatic carbocycles. The minimum atomic E-state index is -0.309. The average molecular weight is 442 g/mol. The molecule has 33 heavy (non-hydrogen) atoms. The average Bonchev–Trinajstić information content (AvgIpc) is 3.05. The van der Waals surface area contributed by atoms with E-state index in [1.54, 1.807) is 18.5 Å². The van der Waals surface area contributed by atoms with Gasteiger partial charge in [-0.3, -0.25) is 19.5 Å². The van der Waals surface area contributed by atoms with Crippen LogP contribution in [-0.4, -0.2) is 39.7 Å². The van der Waals surface area contributed by atoms with E-state index in [1.807, 2.05) is 86.5 Å². The Labute approximate surface area is 194 Å². The molecule has 6 heteroatoms. The molecule has 0 saturated heterocycles. The number of aromatic nitrogens is 1. The van der Waals surface area contributed by atoms with Gasteiger partial charge in [-0.25, -0.2) is 0 Å². The normalized spacial score (nSPS) is 13.8. The molecule has 6 nitrogen and oxygen atoms in total. The SMILES string of the molecule is CC(C)Oc1ccc(C2=C(N(C)Cc3ccccc3)C(=O)N(Cc3cccnc3)C2=O)cc1. The zero-order valence-corrected chi connectivity index (χ0v) is 19.1. The lowest BCUT2D eigenvalue weighted by Gasteiger charge is -2.21. The fourth-order valence-electron chi connectivity index (χ4n) is 3.90. The second-order valence-electron chi connectivity index (χ2n) is 8.31. The highest BCUT2D eigenvalue weighted by Crippen LogP contribution is 2.33. The van der Waals surface area contributed by atoms with Crippen molar-refractivity contribution < 1.29 is 14.3 Å². The lowest BCUT2D eigenvalue weighted by Crippen LogP contribution is -2.33. The second kappa shape index (κ2) is 9.69. The van der Waals surface area contributed by atoms with Crippen molar-refractivity contribution in [1.29, 1.82) is 0 Å². The Hall–Kier alpha value is -3.93. The molecule has 0 atom stereocenters. The van der Waals surface area contributed by atoms with E-state index in [0.29, 0.717) is 23.4 Å². The minimum absolute atomic E-state index is 0.0484. The number of benzene rings is 2. The number of nitrogens with zero attached hydrogens (tertiary/aromatic N) is 3. The van der Waals surface area contributed by atoms with Crippen molar-refractivity contribution >= 4 is 17.4 Å². The lowest BCUT2D eigenvalue weighted by atomic mass is 10.0. The molecule has 0 fully saturated rings. The van der Waals surface area contributed by atoms with E-state index in [4.69, 9.17) is 4.74 Å². The summed E-state index contributed by atoms with van der Waals surface area (Å²) in [5.41, 5.74) is 3.33. The van der Waals surface area contributed by atoms with Crippen LogP contribution in [0.4, 0.5) is 0 Å². The van der Waals surface area contributed by atoms with Gasteiger partial charge in [0.25, 0.3) is 11.8 Å². The molecule has 0 radical (unpaired) electrons.